The predicted octanol–water partition coefficient (Wildman–Crippen LogP) is -9.46. The van der Waals surface area contributed by atoms with E-state index in [1.807, 2.05) is 0 Å². The van der Waals surface area contributed by atoms with E-state index in [1.165, 1.54) is 0 Å². The van der Waals surface area contributed by atoms with Crippen LogP contribution in [-0.4, -0.2) is 222 Å². The highest BCUT2D eigenvalue weighted by molar-refractivity contribution is 5.73. The van der Waals surface area contributed by atoms with Gasteiger partial charge in [-0.05, 0) is 0 Å². The van der Waals surface area contributed by atoms with Crippen molar-refractivity contribution in [3.05, 3.63) is 0 Å². The molecule has 0 aromatic heterocycles. The number of aliphatic hydroxyl groups is 12. The van der Waals surface area contributed by atoms with Crippen molar-refractivity contribution in [3.63, 3.8) is 0 Å². The van der Waals surface area contributed by atoms with Crippen LogP contribution in [0, 0.1) is 0 Å². The molecule has 0 spiro atoms. The number of aliphatic hydroxyl groups excluding tert-OH is 12. The molecule has 4 saturated heterocycles. The minimum atomic E-state index is -2.08. The molecule has 0 radical (unpaired) electrons. The molecule has 4 aliphatic rings. The molecule has 4 fully saturated rings. The molecule has 0 saturated carbocycles. The van der Waals surface area contributed by atoms with Crippen molar-refractivity contribution >= 4 is 11.8 Å². The van der Waals surface area contributed by atoms with Crippen molar-refractivity contribution in [2.24, 2.45) is 0 Å². The maximum absolute atomic E-state index is 11.9. The van der Waals surface area contributed by atoms with E-state index in [1.54, 1.807) is 0 Å². The maximum Gasteiger partial charge on any atom is 0.217 e. The Labute approximate surface area is 289 Å². The van der Waals surface area contributed by atoms with Crippen molar-refractivity contribution in [2.45, 2.75) is 137 Å². The Kier molecular flexibility index (Phi) is 14.8. The van der Waals surface area contributed by atoms with Crippen molar-refractivity contribution in [1.82, 2.24) is 10.6 Å². The summed E-state index contributed by atoms with van der Waals surface area (Å²) in [5, 5.41) is 130. The summed E-state index contributed by atoms with van der Waals surface area (Å²) in [5.74, 6) is -1.39. The van der Waals surface area contributed by atoms with Crippen LogP contribution in [0.3, 0.4) is 0 Å². The summed E-state index contributed by atoms with van der Waals surface area (Å²) < 4.78 is 39.4. The number of carbonyl (C=O) groups excluding carboxylic acids is 2. The van der Waals surface area contributed by atoms with Crippen LogP contribution in [0.25, 0.3) is 0 Å². The number of rotatable bonds is 12. The van der Waals surface area contributed by atoms with Gasteiger partial charge in [0.1, 0.15) is 97.5 Å². The van der Waals surface area contributed by atoms with Gasteiger partial charge in [0.25, 0.3) is 0 Å². The SMILES string of the molecule is CC(=O)N[C@H]1[C@H](O[C@@H]2[C@@H](O)[C@H](O)O[C@H](CO)[C@H]2O[C@@H]2O[C@H](CO)[C@H](O[C@@H]3O[C@H](CO)[C@H](O)[C@H](O)[C@H]3NC(C)=O)[C@H](O)[C@H]2O)O[C@H](CO)[C@H](O)[C@@H]1O. The van der Waals surface area contributed by atoms with E-state index in [9.17, 15) is 70.9 Å². The van der Waals surface area contributed by atoms with Crippen LogP contribution in [-0.2, 0) is 42.7 Å². The quantitative estimate of drug-likeness (QED) is 0.0881. The first-order valence-corrected chi connectivity index (χ1v) is 16.1. The summed E-state index contributed by atoms with van der Waals surface area (Å²) in [6, 6.07) is -2.99. The molecule has 0 bridgehead atoms. The Bertz CT molecular complexity index is 1140. The molecule has 20 atom stereocenters. The highest BCUT2D eigenvalue weighted by atomic mass is 16.8. The highest BCUT2D eigenvalue weighted by Crippen LogP contribution is 2.34. The summed E-state index contributed by atoms with van der Waals surface area (Å²) in [6.07, 6.45) is -31.7. The molecule has 14 N–H and O–H groups in total. The first-order chi connectivity index (χ1) is 24.1. The third-order valence-corrected chi connectivity index (χ3v) is 9.01. The van der Waals surface area contributed by atoms with Gasteiger partial charge in [0, 0.05) is 13.8 Å². The first-order valence-electron chi connectivity index (χ1n) is 16.1. The smallest absolute Gasteiger partial charge is 0.217 e. The summed E-state index contributed by atoms with van der Waals surface area (Å²) in [4.78, 5) is 23.7. The van der Waals surface area contributed by atoms with Crippen LogP contribution in [0.1, 0.15) is 13.8 Å². The fraction of sp³-hybridized carbons (Fsp3) is 0.929. The Morgan fingerprint density at radius 2 is 0.863 bits per heavy atom. The number of ether oxygens (including phenoxy) is 7. The topological polar surface area (TPSA) is 366 Å². The van der Waals surface area contributed by atoms with Crippen molar-refractivity contribution < 1.29 is 104 Å². The summed E-state index contributed by atoms with van der Waals surface area (Å²) in [7, 11) is 0. The molecular weight excluding hydrogens is 700 g/mol. The number of nitrogens with one attached hydrogen (secondary N) is 2. The van der Waals surface area contributed by atoms with Gasteiger partial charge < -0.3 is 105 Å². The third kappa shape index (κ3) is 9.11. The zero-order valence-corrected chi connectivity index (χ0v) is 27.4. The standard InChI is InChI=1S/C28H48N2O21/c1-7(35)29-13-17(39)15(37)9(3-31)46-26(13)49-22-11(5-33)48-28(20(42)19(22)41)50-23-12(6-34)45-25(44)21(43)24(23)51-27-14(30-8(2)36)18(40)16(38)10(4-32)47-27/h9-28,31-34,37-44H,3-6H2,1-2H3,(H,29,35)(H,30,36)/t9-,10-,11-,12-,13-,14-,15+,16+,17-,18-,19-,20-,21-,22+,23-,24-,25-,26+,27+,28+/m1/s1. The second-order valence-electron chi connectivity index (χ2n) is 12.6. The van der Waals surface area contributed by atoms with Gasteiger partial charge in [-0.25, -0.2) is 0 Å². The summed E-state index contributed by atoms with van der Waals surface area (Å²) >= 11 is 0. The first kappa shape index (κ1) is 41.9. The summed E-state index contributed by atoms with van der Waals surface area (Å²) in [5.41, 5.74) is 0. The lowest BCUT2D eigenvalue weighted by Crippen LogP contribution is -2.69. The normalized spacial score (nSPS) is 47.8. The van der Waals surface area contributed by atoms with Gasteiger partial charge in [0.2, 0.25) is 11.8 Å². The molecule has 0 aromatic rings. The van der Waals surface area contributed by atoms with Gasteiger partial charge >= 0.3 is 0 Å². The van der Waals surface area contributed by atoms with E-state index in [0.717, 1.165) is 13.8 Å². The number of hydrogen-bond acceptors (Lipinski definition) is 21. The van der Waals surface area contributed by atoms with Crippen molar-refractivity contribution in [3.8, 4) is 0 Å². The van der Waals surface area contributed by atoms with E-state index >= 15 is 0 Å². The van der Waals surface area contributed by atoms with Crippen LogP contribution < -0.4 is 10.6 Å². The Hall–Kier alpha value is -1.82. The molecule has 4 aliphatic heterocycles. The average molecular weight is 749 g/mol. The molecule has 4 heterocycles. The largest absolute Gasteiger partial charge is 0.394 e. The molecule has 2 amide bonds. The zero-order valence-electron chi connectivity index (χ0n) is 27.4. The van der Waals surface area contributed by atoms with Crippen molar-refractivity contribution in [1.29, 1.82) is 0 Å². The van der Waals surface area contributed by atoms with Gasteiger partial charge in [-0.2, -0.15) is 0 Å². The minimum Gasteiger partial charge on any atom is -0.394 e. The Morgan fingerprint density at radius 1 is 0.471 bits per heavy atom. The van der Waals surface area contributed by atoms with Gasteiger partial charge in [0.15, 0.2) is 25.2 Å². The van der Waals surface area contributed by atoms with Gasteiger partial charge in [-0.3, -0.25) is 9.59 Å². The molecule has 51 heavy (non-hydrogen) atoms. The fourth-order valence-electron chi connectivity index (χ4n) is 6.35. The van der Waals surface area contributed by atoms with E-state index in [-0.39, 0.29) is 0 Å². The van der Waals surface area contributed by atoms with E-state index in [2.05, 4.69) is 10.6 Å². The molecule has 23 heteroatoms. The second-order valence-corrected chi connectivity index (χ2v) is 12.6. The number of carbonyl (C=O) groups is 2. The molecule has 296 valence electrons. The molecular formula is C28H48N2O21. The molecule has 23 nitrogen and oxygen atoms in total. The monoisotopic (exact) mass is 748 g/mol. The number of hydrogen-bond donors (Lipinski definition) is 14. The fourth-order valence-corrected chi connectivity index (χ4v) is 6.35. The Morgan fingerprint density at radius 3 is 1.29 bits per heavy atom. The molecule has 0 aliphatic carbocycles. The van der Waals surface area contributed by atoms with Crippen LogP contribution >= 0.6 is 0 Å². The molecule has 0 unspecified atom stereocenters. The highest BCUT2D eigenvalue weighted by Gasteiger charge is 2.56. The second kappa shape index (κ2) is 18.0. The average Bonchev–Trinajstić information content (AvgIpc) is 3.09. The lowest BCUT2D eigenvalue weighted by Gasteiger charge is -2.50. The minimum absolute atomic E-state index is 0.685. The Balaban J connectivity index is 1.58. The maximum atomic E-state index is 11.9. The van der Waals surface area contributed by atoms with Crippen LogP contribution in [0.15, 0.2) is 0 Å². The zero-order chi connectivity index (χ0) is 37.9. The lowest BCUT2D eigenvalue weighted by molar-refractivity contribution is -0.385. The molecule has 4 rings (SSSR count). The molecule has 0 aromatic carbocycles. The van der Waals surface area contributed by atoms with Crippen LogP contribution in [0.5, 0.6) is 0 Å². The van der Waals surface area contributed by atoms with E-state index in [0.29, 0.717) is 0 Å². The lowest BCUT2D eigenvalue weighted by atomic mass is 9.94. The number of amides is 2. The van der Waals surface area contributed by atoms with Gasteiger partial charge in [0.05, 0.1) is 26.4 Å². The van der Waals surface area contributed by atoms with Crippen LogP contribution in [0.4, 0.5) is 0 Å². The van der Waals surface area contributed by atoms with Crippen molar-refractivity contribution in [2.75, 3.05) is 26.4 Å². The summed E-state index contributed by atoms with van der Waals surface area (Å²) in [6.45, 7) is -1.30. The van der Waals surface area contributed by atoms with E-state index in [4.69, 9.17) is 33.2 Å². The van der Waals surface area contributed by atoms with Gasteiger partial charge in [-0.15, -0.1) is 0 Å². The van der Waals surface area contributed by atoms with Crippen LogP contribution in [0.2, 0.25) is 0 Å². The predicted molar refractivity (Wildman–Crippen MR) is 157 cm³/mol. The van der Waals surface area contributed by atoms with Gasteiger partial charge in [-0.1, -0.05) is 0 Å². The van der Waals surface area contributed by atoms with E-state index < -0.39 is 161 Å². The third-order valence-electron chi connectivity index (χ3n) is 9.01.